The van der Waals surface area contributed by atoms with E-state index in [-0.39, 0.29) is 0 Å². The van der Waals surface area contributed by atoms with Crippen LogP contribution in [0.2, 0.25) is 0 Å². The third-order valence-electron chi connectivity index (χ3n) is 10.6. The van der Waals surface area contributed by atoms with E-state index in [9.17, 15) is 0 Å². The molecule has 0 fully saturated rings. The van der Waals surface area contributed by atoms with Gasteiger partial charge in [-0.05, 0) is 93.7 Å². The minimum atomic E-state index is 0.825. The number of anilines is 6. The molecular weight excluding hydrogens is 661 g/mol. The predicted octanol–water partition coefficient (Wildman–Crippen LogP) is 14.5. The van der Waals surface area contributed by atoms with E-state index >= 15 is 0 Å². The quantitative estimate of drug-likeness (QED) is 0.171. The van der Waals surface area contributed by atoms with E-state index in [0.717, 1.165) is 79.0 Å². The topological polar surface area (TPSA) is 24.9 Å². The van der Waals surface area contributed by atoms with Crippen molar-refractivity contribution >= 4 is 55.7 Å². The predicted molar refractivity (Wildman–Crippen MR) is 222 cm³/mol. The number of fused-ring (bicyclic) bond motifs is 6. The summed E-state index contributed by atoms with van der Waals surface area (Å²) in [5.41, 5.74) is 10.8. The van der Waals surface area contributed by atoms with Crippen LogP contribution >= 0.6 is 0 Å². The summed E-state index contributed by atoms with van der Waals surface area (Å²) < 4.78 is 13.0. The SMILES string of the molecule is c1ccc(-c2c3cccc(N4c5ccccc5Oc5ccccc54)c3c(-c3ccccc3)c3cccc(N4c5ccccc5Oc5ccccc54)c23)cc1. The lowest BCUT2D eigenvalue weighted by atomic mass is 9.84. The number of para-hydroxylation sites is 8. The van der Waals surface area contributed by atoms with Crippen molar-refractivity contribution in [2.45, 2.75) is 0 Å². The Morgan fingerprint density at radius 3 is 0.907 bits per heavy atom. The third-order valence-corrected chi connectivity index (χ3v) is 10.6. The summed E-state index contributed by atoms with van der Waals surface area (Å²) in [5, 5.41) is 4.66. The van der Waals surface area contributed by atoms with Crippen LogP contribution in [-0.4, -0.2) is 0 Å². The Balaban J connectivity index is 1.33. The highest BCUT2D eigenvalue weighted by Gasteiger charge is 2.32. The third kappa shape index (κ3) is 4.57. The molecule has 0 atom stereocenters. The lowest BCUT2D eigenvalue weighted by molar-refractivity contribution is 0.477. The molecule has 4 heteroatoms. The maximum absolute atomic E-state index is 6.50. The number of ether oxygens (including phenoxy) is 2. The first-order chi connectivity index (χ1) is 26.8. The van der Waals surface area contributed by atoms with Crippen LogP contribution in [0.4, 0.5) is 34.1 Å². The van der Waals surface area contributed by atoms with Crippen molar-refractivity contribution in [3.8, 4) is 45.3 Å². The van der Waals surface area contributed by atoms with E-state index < -0.39 is 0 Å². The van der Waals surface area contributed by atoms with E-state index in [4.69, 9.17) is 9.47 Å². The van der Waals surface area contributed by atoms with Gasteiger partial charge in [-0.25, -0.2) is 0 Å². The summed E-state index contributed by atoms with van der Waals surface area (Å²) in [6.45, 7) is 0. The summed E-state index contributed by atoms with van der Waals surface area (Å²) in [6.07, 6.45) is 0. The second-order valence-corrected chi connectivity index (χ2v) is 13.6. The van der Waals surface area contributed by atoms with Crippen LogP contribution < -0.4 is 19.3 Å². The van der Waals surface area contributed by atoms with Crippen molar-refractivity contribution in [1.82, 2.24) is 0 Å². The van der Waals surface area contributed by atoms with E-state index in [0.29, 0.717) is 0 Å². The zero-order chi connectivity index (χ0) is 35.6. The van der Waals surface area contributed by atoms with Crippen molar-refractivity contribution in [3.63, 3.8) is 0 Å². The van der Waals surface area contributed by atoms with Gasteiger partial charge in [0, 0.05) is 10.8 Å². The van der Waals surface area contributed by atoms with Gasteiger partial charge in [-0.15, -0.1) is 0 Å². The zero-order valence-electron chi connectivity index (χ0n) is 29.2. The minimum Gasteiger partial charge on any atom is -0.453 e. The van der Waals surface area contributed by atoms with Gasteiger partial charge in [-0.3, -0.25) is 0 Å². The van der Waals surface area contributed by atoms with Crippen molar-refractivity contribution in [3.05, 3.63) is 194 Å². The summed E-state index contributed by atoms with van der Waals surface area (Å²) in [7, 11) is 0. The van der Waals surface area contributed by atoms with Crippen LogP contribution in [0.15, 0.2) is 194 Å². The van der Waals surface area contributed by atoms with Gasteiger partial charge in [0.1, 0.15) is 0 Å². The molecule has 254 valence electrons. The molecule has 9 aromatic rings. The summed E-state index contributed by atoms with van der Waals surface area (Å²) in [4.78, 5) is 4.75. The highest BCUT2D eigenvalue weighted by Crippen LogP contribution is 2.58. The van der Waals surface area contributed by atoms with Gasteiger partial charge in [-0.1, -0.05) is 133 Å². The molecule has 0 amide bonds. The van der Waals surface area contributed by atoms with Gasteiger partial charge in [0.05, 0.1) is 34.1 Å². The van der Waals surface area contributed by atoms with Crippen molar-refractivity contribution < 1.29 is 9.47 Å². The summed E-state index contributed by atoms with van der Waals surface area (Å²) >= 11 is 0. The first-order valence-electron chi connectivity index (χ1n) is 18.3. The van der Waals surface area contributed by atoms with Gasteiger partial charge in [0.15, 0.2) is 23.0 Å². The van der Waals surface area contributed by atoms with Crippen molar-refractivity contribution in [1.29, 1.82) is 0 Å². The molecule has 0 aliphatic carbocycles. The fraction of sp³-hybridized carbons (Fsp3) is 0. The number of hydrogen-bond donors (Lipinski definition) is 0. The molecule has 0 spiro atoms. The van der Waals surface area contributed by atoms with E-state index in [2.05, 4.69) is 180 Å². The molecule has 0 bridgehead atoms. The Kier molecular flexibility index (Phi) is 6.82. The van der Waals surface area contributed by atoms with Crippen LogP contribution in [-0.2, 0) is 0 Å². The average Bonchev–Trinajstić information content (AvgIpc) is 3.24. The van der Waals surface area contributed by atoms with Crippen LogP contribution in [0.25, 0.3) is 43.8 Å². The number of hydrogen-bond acceptors (Lipinski definition) is 4. The van der Waals surface area contributed by atoms with Gasteiger partial charge in [0.25, 0.3) is 0 Å². The smallest absolute Gasteiger partial charge is 0.151 e. The monoisotopic (exact) mass is 692 g/mol. The highest BCUT2D eigenvalue weighted by atomic mass is 16.5. The van der Waals surface area contributed by atoms with E-state index in [1.165, 1.54) is 21.9 Å². The first kappa shape index (κ1) is 30.3. The standard InChI is InChI=1S/C50H32N2O2/c1-3-17-33(18-4-1)47-35-21-15-28-42(52-39-25-9-13-31-45(39)54-46-32-14-10-26-40(46)52)50(35)48(34-19-5-2-6-20-34)36-22-16-27-41(49(36)47)51-37-23-7-11-29-43(37)53-44-30-12-8-24-38(44)51/h1-32H. The molecule has 0 unspecified atom stereocenters. The largest absolute Gasteiger partial charge is 0.453 e. The Bertz CT molecular complexity index is 2610. The van der Waals surface area contributed by atoms with Crippen LogP contribution in [0, 0.1) is 0 Å². The highest BCUT2D eigenvalue weighted by molar-refractivity contribution is 6.28. The molecule has 2 aliphatic heterocycles. The molecule has 0 radical (unpaired) electrons. The van der Waals surface area contributed by atoms with Gasteiger partial charge < -0.3 is 19.3 Å². The van der Waals surface area contributed by atoms with Gasteiger partial charge in [-0.2, -0.15) is 0 Å². The van der Waals surface area contributed by atoms with Gasteiger partial charge >= 0.3 is 0 Å². The second-order valence-electron chi connectivity index (χ2n) is 13.6. The number of rotatable bonds is 4. The molecule has 0 saturated heterocycles. The molecule has 0 saturated carbocycles. The molecule has 54 heavy (non-hydrogen) atoms. The van der Waals surface area contributed by atoms with Crippen LogP contribution in [0.5, 0.6) is 23.0 Å². The Hall–Kier alpha value is -7.30. The molecule has 9 aromatic carbocycles. The van der Waals surface area contributed by atoms with Crippen molar-refractivity contribution in [2.24, 2.45) is 0 Å². The second kappa shape index (κ2) is 12.1. The maximum atomic E-state index is 6.50. The molecule has 2 heterocycles. The summed E-state index contributed by atoms with van der Waals surface area (Å²) in [5.74, 6) is 3.30. The van der Waals surface area contributed by atoms with E-state index in [1.54, 1.807) is 0 Å². The van der Waals surface area contributed by atoms with Crippen LogP contribution in [0.1, 0.15) is 0 Å². The molecule has 11 rings (SSSR count). The zero-order valence-corrected chi connectivity index (χ0v) is 29.2. The van der Waals surface area contributed by atoms with Crippen molar-refractivity contribution in [2.75, 3.05) is 9.80 Å². The average molecular weight is 693 g/mol. The number of benzene rings is 9. The normalized spacial score (nSPS) is 12.7. The molecule has 0 aromatic heterocycles. The molecule has 2 aliphatic rings. The van der Waals surface area contributed by atoms with E-state index in [1.807, 2.05) is 24.3 Å². The minimum absolute atomic E-state index is 0.825. The van der Waals surface area contributed by atoms with Crippen LogP contribution in [0.3, 0.4) is 0 Å². The number of nitrogens with zero attached hydrogens (tertiary/aromatic N) is 2. The Morgan fingerprint density at radius 2 is 0.556 bits per heavy atom. The molecule has 0 N–H and O–H groups in total. The summed E-state index contributed by atoms with van der Waals surface area (Å²) in [6, 6.07) is 68.5. The van der Waals surface area contributed by atoms with Gasteiger partial charge in [0.2, 0.25) is 0 Å². The molecule has 4 nitrogen and oxygen atoms in total. The first-order valence-corrected chi connectivity index (χ1v) is 18.3. The Labute approximate surface area is 313 Å². The lowest BCUT2D eigenvalue weighted by Crippen LogP contribution is -2.17. The molecular formula is C50H32N2O2. The Morgan fingerprint density at radius 1 is 0.259 bits per heavy atom. The maximum Gasteiger partial charge on any atom is 0.151 e. The fourth-order valence-electron chi connectivity index (χ4n) is 8.40. The fourth-order valence-corrected chi connectivity index (χ4v) is 8.40. The lowest BCUT2D eigenvalue weighted by Gasteiger charge is -2.35.